The zero-order valence-corrected chi connectivity index (χ0v) is 9.17. The molecule has 0 spiro atoms. The highest BCUT2D eigenvalue weighted by atomic mass is 16.3. The largest absolute Gasteiger partial charge is 0.379 e. The Balaban J connectivity index is 2.13. The molecule has 2 aromatic rings. The fourth-order valence-electron chi connectivity index (χ4n) is 2.39. The molecule has 1 atom stereocenters. The van der Waals surface area contributed by atoms with Gasteiger partial charge in [0.2, 0.25) is 0 Å². The maximum atomic E-state index is 10.8. The molecule has 1 unspecified atom stereocenters. The Bertz CT molecular complexity index is 611. The van der Waals surface area contributed by atoms with Crippen molar-refractivity contribution in [1.29, 1.82) is 5.26 Å². The zero-order chi connectivity index (χ0) is 11.9. The summed E-state index contributed by atoms with van der Waals surface area (Å²) in [6.07, 6.45) is 4.03. The molecule has 1 aromatic carbocycles. The smallest absolute Gasteiger partial charge is 0.133 e. The van der Waals surface area contributed by atoms with E-state index in [2.05, 4.69) is 11.1 Å². The molecule has 0 aliphatic carbocycles. The van der Waals surface area contributed by atoms with Crippen molar-refractivity contribution in [3.05, 3.63) is 53.6 Å². The first kappa shape index (κ1) is 10.1. The lowest BCUT2D eigenvalue weighted by Crippen LogP contribution is -2.24. The molecule has 17 heavy (non-hydrogen) atoms. The van der Waals surface area contributed by atoms with Gasteiger partial charge in [0, 0.05) is 13.0 Å². The van der Waals surface area contributed by atoms with Crippen LogP contribution in [0.15, 0.2) is 36.8 Å². The number of imidazole rings is 1. The minimum atomic E-state index is -1.01. The number of nitrogens with zero attached hydrogens (tertiary/aromatic N) is 3. The molecule has 4 nitrogen and oxygen atoms in total. The molecule has 2 heterocycles. The minimum Gasteiger partial charge on any atom is -0.379 e. The molecule has 4 heteroatoms. The molecule has 0 fully saturated rings. The topological polar surface area (TPSA) is 61.8 Å². The van der Waals surface area contributed by atoms with Gasteiger partial charge in [0.05, 0.1) is 29.9 Å². The number of aliphatic hydroxyl groups is 1. The number of hydrogen-bond acceptors (Lipinski definition) is 3. The van der Waals surface area contributed by atoms with E-state index < -0.39 is 5.60 Å². The van der Waals surface area contributed by atoms with E-state index in [4.69, 9.17) is 5.26 Å². The Labute approximate surface area is 98.8 Å². The third kappa shape index (κ3) is 1.37. The normalized spacial score (nSPS) is 22.1. The number of nitriles is 1. The third-order valence-corrected chi connectivity index (χ3v) is 3.32. The highest BCUT2D eigenvalue weighted by molar-refractivity contribution is 5.40. The van der Waals surface area contributed by atoms with Crippen LogP contribution < -0.4 is 0 Å². The molecule has 1 N–H and O–H groups in total. The van der Waals surface area contributed by atoms with E-state index in [0.717, 1.165) is 17.8 Å². The van der Waals surface area contributed by atoms with E-state index in [1.807, 2.05) is 10.6 Å². The molecule has 84 valence electrons. The highest BCUT2D eigenvalue weighted by Gasteiger charge is 2.39. The van der Waals surface area contributed by atoms with Crippen LogP contribution in [0.1, 0.15) is 23.2 Å². The number of benzene rings is 1. The molecule has 1 aliphatic rings. The summed E-state index contributed by atoms with van der Waals surface area (Å²) in [5.41, 5.74) is 1.11. The molecular formula is C13H11N3O. The predicted molar refractivity (Wildman–Crippen MR) is 61.0 cm³/mol. The van der Waals surface area contributed by atoms with Gasteiger partial charge in [-0.15, -0.1) is 0 Å². The minimum absolute atomic E-state index is 0.564. The van der Waals surface area contributed by atoms with Gasteiger partial charge in [-0.05, 0) is 17.7 Å². The molecule has 0 radical (unpaired) electrons. The van der Waals surface area contributed by atoms with Gasteiger partial charge in [0.15, 0.2) is 0 Å². The molecule has 0 amide bonds. The van der Waals surface area contributed by atoms with Gasteiger partial charge in [0.1, 0.15) is 5.60 Å². The zero-order valence-electron chi connectivity index (χ0n) is 9.17. The lowest BCUT2D eigenvalue weighted by molar-refractivity contribution is 0.0825. The highest BCUT2D eigenvalue weighted by Crippen LogP contribution is 2.38. The first-order chi connectivity index (χ1) is 8.24. The van der Waals surface area contributed by atoms with E-state index >= 15 is 0 Å². The van der Waals surface area contributed by atoms with E-state index in [-0.39, 0.29) is 0 Å². The Morgan fingerprint density at radius 1 is 1.47 bits per heavy atom. The van der Waals surface area contributed by atoms with Gasteiger partial charge in [-0.1, -0.05) is 12.1 Å². The standard InChI is InChI=1S/C13H11N3O/c14-7-10-2-1-3-11(6-10)13(17)4-5-16-9-15-8-12(13)16/h1-3,6,8-9,17H,4-5H2. The van der Waals surface area contributed by atoms with Crippen LogP contribution in [-0.2, 0) is 12.1 Å². The maximum Gasteiger partial charge on any atom is 0.133 e. The summed E-state index contributed by atoms with van der Waals surface area (Å²) in [7, 11) is 0. The van der Waals surface area contributed by atoms with Gasteiger partial charge in [0.25, 0.3) is 0 Å². The van der Waals surface area contributed by atoms with Gasteiger partial charge >= 0.3 is 0 Å². The van der Waals surface area contributed by atoms with Gasteiger partial charge in [-0.25, -0.2) is 4.98 Å². The third-order valence-electron chi connectivity index (χ3n) is 3.32. The summed E-state index contributed by atoms with van der Waals surface area (Å²) < 4.78 is 1.94. The maximum absolute atomic E-state index is 10.8. The van der Waals surface area contributed by atoms with Crippen molar-refractivity contribution >= 4 is 0 Å². The van der Waals surface area contributed by atoms with E-state index in [9.17, 15) is 5.11 Å². The van der Waals surface area contributed by atoms with Crippen LogP contribution in [0.4, 0.5) is 0 Å². The van der Waals surface area contributed by atoms with Crippen molar-refractivity contribution in [2.75, 3.05) is 0 Å². The monoisotopic (exact) mass is 225 g/mol. The van der Waals surface area contributed by atoms with Crippen LogP contribution in [0.5, 0.6) is 0 Å². The van der Waals surface area contributed by atoms with Crippen molar-refractivity contribution in [3.63, 3.8) is 0 Å². The number of aryl methyl sites for hydroxylation is 1. The van der Waals surface area contributed by atoms with Crippen molar-refractivity contribution in [1.82, 2.24) is 9.55 Å². The second-order valence-electron chi connectivity index (χ2n) is 4.28. The van der Waals surface area contributed by atoms with Crippen LogP contribution >= 0.6 is 0 Å². The molecule has 1 aliphatic heterocycles. The fourth-order valence-corrected chi connectivity index (χ4v) is 2.39. The quantitative estimate of drug-likeness (QED) is 0.797. The lowest BCUT2D eigenvalue weighted by Gasteiger charge is -2.22. The number of hydrogen-bond donors (Lipinski definition) is 1. The van der Waals surface area contributed by atoms with E-state index in [0.29, 0.717) is 12.0 Å². The average molecular weight is 225 g/mol. The summed E-state index contributed by atoms with van der Waals surface area (Å²) in [6, 6.07) is 9.21. The Morgan fingerprint density at radius 2 is 2.35 bits per heavy atom. The van der Waals surface area contributed by atoms with Crippen LogP contribution in [0.25, 0.3) is 0 Å². The Kier molecular flexibility index (Phi) is 2.03. The number of fused-ring (bicyclic) bond motifs is 1. The summed E-state index contributed by atoms with van der Waals surface area (Å²) in [5, 5.41) is 19.6. The van der Waals surface area contributed by atoms with Crippen molar-refractivity contribution < 1.29 is 5.11 Å². The summed E-state index contributed by atoms with van der Waals surface area (Å²) in [4.78, 5) is 4.05. The molecular weight excluding hydrogens is 214 g/mol. The van der Waals surface area contributed by atoms with Gasteiger partial charge in [-0.2, -0.15) is 5.26 Å². The molecule has 3 rings (SSSR count). The van der Waals surface area contributed by atoms with Gasteiger partial charge < -0.3 is 9.67 Å². The van der Waals surface area contributed by atoms with Crippen LogP contribution in [0.3, 0.4) is 0 Å². The molecule has 0 saturated heterocycles. The average Bonchev–Trinajstić information content (AvgIpc) is 2.95. The first-order valence-electron chi connectivity index (χ1n) is 5.48. The van der Waals surface area contributed by atoms with Crippen molar-refractivity contribution in [2.24, 2.45) is 0 Å². The van der Waals surface area contributed by atoms with Gasteiger partial charge in [-0.3, -0.25) is 0 Å². The van der Waals surface area contributed by atoms with E-state index in [1.54, 1.807) is 30.7 Å². The summed E-state index contributed by atoms with van der Waals surface area (Å²) >= 11 is 0. The predicted octanol–water partition coefficient (Wildman–Crippen LogP) is 1.39. The van der Waals surface area contributed by atoms with Crippen LogP contribution in [-0.4, -0.2) is 14.7 Å². The molecule has 1 aromatic heterocycles. The Hall–Kier alpha value is -2.12. The SMILES string of the molecule is N#Cc1cccc(C2(O)CCn3cncc32)c1. The van der Waals surface area contributed by atoms with Crippen LogP contribution in [0.2, 0.25) is 0 Å². The Morgan fingerprint density at radius 3 is 3.18 bits per heavy atom. The van der Waals surface area contributed by atoms with Crippen molar-refractivity contribution in [3.8, 4) is 6.07 Å². The van der Waals surface area contributed by atoms with Crippen molar-refractivity contribution in [2.45, 2.75) is 18.6 Å². The fraction of sp³-hybridized carbons (Fsp3) is 0.231. The second kappa shape index (κ2) is 3.44. The molecule has 0 saturated carbocycles. The summed E-state index contributed by atoms with van der Waals surface area (Å²) in [5.74, 6) is 0. The molecule has 0 bridgehead atoms. The second-order valence-corrected chi connectivity index (χ2v) is 4.28. The summed E-state index contributed by atoms with van der Waals surface area (Å²) in [6.45, 7) is 0.753. The van der Waals surface area contributed by atoms with Crippen LogP contribution in [0, 0.1) is 11.3 Å². The number of rotatable bonds is 1. The van der Waals surface area contributed by atoms with E-state index in [1.165, 1.54) is 0 Å². The lowest BCUT2D eigenvalue weighted by atomic mass is 9.89. The number of aromatic nitrogens is 2. The first-order valence-corrected chi connectivity index (χ1v) is 5.48.